The molecule has 5 nitrogen and oxygen atoms in total. The Bertz CT molecular complexity index is 180. The largest absolute Gasteiger partial charge is 1.00 e. The molecule has 0 aromatic carbocycles. The van der Waals surface area contributed by atoms with E-state index in [1.165, 1.54) is 0 Å². The van der Waals surface area contributed by atoms with Crippen LogP contribution in [-0.4, -0.2) is 14.7 Å². The van der Waals surface area contributed by atoms with Gasteiger partial charge in [0.2, 0.25) is 0 Å². The minimum atomic E-state index is -4.64. The van der Waals surface area contributed by atoms with Crippen LogP contribution in [0.15, 0.2) is 24.5 Å². The molecule has 1 aromatic heterocycles. The molecule has 0 radical (unpaired) electrons. The summed E-state index contributed by atoms with van der Waals surface area (Å²) in [5.74, 6) is 0. The zero-order valence-electron chi connectivity index (χ0n) is 7.31. The Morgan fingerprint density at radius 3 is 1.50 bits per heavy atom. The average molecular weight is 228 g/mol. The fraction of sp³-hybridized carbons (Fsp3) is 0. The summed E-state index contributed by atoms with van der Waals surface area (Å²) in [7, 11) is -4.64. The van der Waals surface area contributed by atoms with Crippen molar-refractivity contribution in [1.82, 2.24) is 4.98 Å². The van der Waals surface area contributed by atoms with Crippen LogP contribution in [0.25, 0.3) is 0 Å². The maximum absolute atomic E-state index is 8.88. The Morgan fingerprint density at radius 2 is 1.42 bits per heavy atom. The van der Waals surface area contributed by atoms with Gasteiger partial charge in [0.1, 0.15) is 0 Å². The van der Waals surface area contributed by atoms with E-state index < -0.39 is 7.82 Å². The molecule has 1 heterocycles. The molecule has 12 heavy (non-hydrogen) atoms. The topological polar surface area (TPSA) is 91.9 Å². The average Bonchev–Trinajstić information content (AvgIpc) is 2.07. The molecule has 0 spiro atoms. The van der Waals surface area contributed by atoms with E-state index in [9.17, 15) is 0 Å². The van der Waals surface area contributed by atoms with Gasteiger partial charge in [-0.2, -0.15) is 12.4 Å². The molecule has 0 aliphatic rings. The Labute approximate surface area is 94.0 Å². The predicted octanol–water partition coefficient (Wildman–Crippen LogP) is -3.17. The van der Waals surface area contributed by atoms with E-state index in [0.29, 0.717) is 0 Å². The molecule has 1 aromatic rings. The SMILES string of the molecule is O=P(O)(O)O.[Fe].[H-].[Li+].c1cc[n-]c1. The minimum absolute atomic E-state index is 0. The zero-order valence-corrected chi connectivity index (χ0v) is 8.31. The van der Waals surface area contributed by atoms with E-state index >= 15 is 0 Å². The van der Waals surface area contributed by atoms with E-state index in [1.54, 1.807) is 12.4 Å². The van der Waals surface area contributed by atoms with Crippen LogP contribution in [0.1, 0.15) is 1.43 Å². The standard InChI is InChI=1S/C4H4N.Fe.Li.H3O4P.H/c1-2-4-5-3-1;;;1-5(2,3)4;/h1-4H;;;(H3,1,2,3,4);/q-1;;+1;;-1. The number of hydrogen-bond donors (Lipinski definition) is 3. The molecule has 0 saturated heterocycles. The van der Waals surface area contributed by atoms with Gasteiger partial charge in [-0.05, 0) is 0 Å². The minimum Gasteiger partial charge on any atom is -1.00 e. The summed E-state index contributed by atoms with van der Waals surface area (Å²) < 4.78 is 8.88. The number of aromatic nitrogens is 1. The summed E-state index contributed by atoms with van der Waals surface area (Å²) in [6.07, 6.45) is 3.50. The number of phosphoric acid groups is 1. The van der Waals surface area contributed by atoms with Crippen molar-refractivity contribution < 1.29 is 56.6 Å². The summed E-state index contributed by atoms with van der Waals surface area (Å²) in [6, 6.07) is 3.78. The molecular weight excluding hydrogens is 220 g/mol. The number of hydrogen-bond acceptors (Lipinski definition) is 1. The van der Waals surface area contributed by atoms with Gasteiger partial charge in [-0.15, -0.1) is 0 Å². The van der Waals surface area contributed by atoms with Gasteiger partial charge in [0.25, 0.3) is 0 Å². The van der Waals surface area contributed by atoms with Crippen LogP contribution in [0.2, 0.25) is 0 Å². The quantitative estimate of drug-likeness (QED) is 0.321. The Balaban J connectivity index is -0.0000000506. The Morgan fingerprint density at radius 1 is 1.17 bits per heavy atom. The molecule has 0 atom stereocenters. The third-order valence-corrected chi connectivity index (χ3v) is 0.455. The smallest absolute Gasteiger partial charge is 1.00 e. The first-order valence-electron chi connectivity index (χ1n) is 2.30. The number of rotatable bonds is 0. The first-order valence-corrected chi connectivity index (χ1v) is 3.86. The summed E-state index contributed by atoms with van der Waals surface area (Å²) in [6.45, 7) is 0. The van der Waals surface area contributed by atoms with Crippen molar-refractivity contribution in [3.8, 4) is 0 Å². The van der Waals surface area contributed by atoms with Crippen LogP contribution in [0.5, 0.6) is 0 Å². The second kappa shape index (κ2) is 9.59. The molecule has 0 unspecified atom stereocenters. The van der Waals surface area contributed by atoms with E-state index in [4.69, 9.17) is 19.2 Å². The fourth-order valence-corrected chi connectivity index (χ4v) is 0.248. The van der Waals surface area contributed by atoms with Crippen LogP contribution in [0.4, 0.5) is 0 Å². The monoisotopic (exact) mass is 228 g/mol. The van der Waals surface area contributed by atoms with Crippen LogP contribution in [0.3, 0.4) is 0 Å². The molecule has 0 bridgehead atoms. The van der Waals surface area contributed by atoms with Crippen molar-refractivity contribution >= 4 is 7.82 Å². The molecule has 0 aliphatic heterocycles. The van der Waals surface area contributed by atoms with Gasteiger partial charge in [-0.3, -0.25) is 0 Å². The first kappa shape index (κ1) is 18.3. The zero-order chi connectivity index (χ0) is 8.04. The third-order valence-electron chi connectivity index (χ3n) is 0.455. The molecule has 1 rings (SSSR count). The Hall–Kier alpha value is 0.507. The van der Waals surface area contributed by atoms with Gasteiger partial charge in [0.15, 0.2) is 0 Å². The summed E-state index contributed by atoms with van der Waals surface area (Å²) >= 11 is 0. The second-order valence-electron chi connectivity index (χ2n) is 1.35. The van der Waals surface area contributed by atoms with E-state index in [1.807, 2.05) is 12.1 Å². The van der Waals surface area contributed by atoms with Gasteiger partial charge in [0, 0.05) is 17.1 Å². The molecule has 0 aliphatic carbocycles. The molecule has 8 heteroatoms. The van der Waals surface area contributed by atoms with Crippen LogP contribution in [-0.2, 0) is 21.6 Å². The maximum Gasteiger partial charge on any atom is 1.00 e. The number of nitrogens with zero attached hydrogens (tertiary/aromatic N) is 1. The Kier molecular flexibility index (Phi) is 14.6. The van der Waals surface area contributed by atoms with Crippen molar-refractivity contribution in [2.75, 3.05) is 0 Å². The van der Waals surface area contributed by atoms with E-state index in [2.05, 4.69) is 4.98 Å². The van der Waals surface area contributed by atoms with Gasteiger partial charge >= 0.3 is 26.7 Å². The molecule has 0 amide bonds. The van der Waals surface area contributed by atoms with Gasteiger partial charge in [-0.1, -0.05) is 12.1 Å². The van der Waals surface area contributed by atoms with Crippen molar-refractivity contribution in [2.24, 2.45) is 0 Å². The van der Waals surface area contributed by atoms with Crippen LogP contribution in [0, 0.1) is 0 Å². The summed E-state index contributed by atoms with van der Waals surface area (Å²) in [5, 5.41) is 0. The van der Waals surface area contributed by atoms with Gasteiger partial charge in [-0.25, -0.2) is 4.57 Å². The van der Waals surface area contributed by atoms with Crippen molar-refractivity contribution in [2.45, 2.75) is 0 Å². The van der Waals surface area contributed by atoms with Gasteiger partial charge < -0.3 is 21.1 Å². The molecular formula is C4H8FeLiNO4P-. The summed E-state index contributed by atoms with van der Waals surface area (Å²) in [5.41, 5.74) is 0. The second-order valence-corrected chi connectivity index (χ2v) is 2.37. The predicted molar refractivity (Wildman–Crippen MR) is 35.1 cm³/mol. The maximum atomic E-state index is 8.88. The molecule has 0 fully saturated rings. The third kappa shape index (κ3) is 31.3. The van der Waals surface area contributed by atoms with Crippen LogP contribution < -0.4 is 23.8 Å². The fourth-order valence-electron chi connectivity index (χ4n) is 0.248. The van der Waals surface area contributed by atoms with Crippen molar-refractivity contribution in [3.63, 3.8) is 0 Å². The summed E-state index contributed by atoms with van der Waals surface area (Å²) in [4.78, 5) is 25.3. The molecule has 68 valence electrons. The first-order chi connectivity index (χ1) is 4.50. The molecule has 3 N–H and O–H groups in total. The van der Waals surface area contributed by atoms with Crippen molar-refractivity contribution in [1.29, 1.82) is 0 Å². The van der Waals surface area contributed by atoms with E-state index in [-0.39, 0.29) is 37.4 Å². The van der Waals surface area contributed by atoms with Crippen molar-refractivity contribution in [3.05, 3.63) is 24.5 Å². The normalized spacial score (nSPS) is 8.25. The van der Waals surface area contributed by atoms with Crippen LogP contribution >= 0.6 is 7.82 Å². The van der Waals surface area contributed by atoms with E-state index in [0.717, 1.165) is 0 Å². The van der Waals surface area contributed by atoms with Gasteiger partial charge in [0.05, 0.1) is 0 Å². The molecule has 0 saturated carbocycles.